The minimum atomic E-state index is -2.02. The smallest absolute Gasteiger partial charge is 0.202 e. The molecular formula is C4H5N2O2P. The highest BCUT2D eigenvalue weighted by molar-refractivity contribution is 7.53. The molecular weight excluding hydrogens is 139 g/mol. The molecule has 0 aliphatic heterocycles. The molecule has 0 saturated carbocycles. The molecule has 0 aliphatic rings. The summed E-state index contributed by atoms with van der Waals surface area (Å²) in [6, 6.07) is 0. The van der Waals surface area contributed by atoms with E-state index < -0.39 is 8.38 Å². The lowest BCUT2D eigenvalue weighted by atomic mass is 10.7. The van der Waals surface area contributed by atoms with Crippen LogP contribution >= 0.6 is 8.38 Å². The Morgan fingerprint density at radius 3 is 2.11 bits per heavy atom. The first-order valence-corrected chi connectivity index (χ1v) is 3.48. The van der Waals surface area contributed by atoms with Crippen molar-refractivity contribution in [3.05, 3.63) is 18.7 Å². The van der Waals surface area contributed by atoms with E-state index in [0.29, 0.717) is 5.30 Å². The first kappa shape index (κ1) is 6.55. The zero-order valence-electron chi connectivity index (χ0n) is 4.47. The van der Waals surface area contributed by atoms with E-state index >= 15 is 0 Å². The minimum absolute atomic E-state index is 0.368. The fraction of sp³-hybridized carbons (Fsp3) is 0. The van der Waals surface area contributed by atoms with Crippen LogP contribution < -0.4 is 5.30 Å². The average molecular weight is 144 g/mol. The summed E-state index contributed by atoms with van der Waals surface area (Å²) < 4.78 is 0. The monoisotopic (exact) mass is 144 g/mol. The number of nitrogens with zero attached hydrogens (tertiary/aromatic N) is 2. The maximum atomic E-state index is 8.56. The molecule has 1 aromatic rings. The van der Waals surface area contributed by atoms with E-state index in [2.05, 4.69) is 9.97 Å². The van der Waals surface area contributed by atoms with Gasteiger partial charge in [-0.15, -0.1) is 0 Å². The van der Waals surface area contributed by atoms with Crippen molar-refractivity contribution in [2.45, 2.75) is 0 Å². The number of hydrogen-bond acceptors (Lipinski definition) is 4. The summed E-state index contributed by atoms with van der Waals surface area (Å²) in [4.78, 5) is 24.3. The van der Waals surface area contributed by atoms with Crippen LogP contribution in [0.1, 0.15) is 0 Å². The molecule has 0 bridgehead atoms. The molecule has 0 atom stereocenters. The van der Waals surface area contributed by atoms with E-state index in [-0.39, 0.29) is 0 Å². The third-order valence-corrected chi connectivity index (χ3v) is 1.47. The Balaban J connectivity index is 2.85. The van der Waals surface area contributed by atoms with Crippen LogP contribution in [-0.2, 0) is 0 Å². The molecule has 1 rings (SSSR count). The normalized spacial score (nSPS) is 10.1. The van der Waals surface area contributed by atoms with Gasteiger partial charge in [0.05, 0.1) is 5.30 Å². The van der Waals surface area contributed by atoms with Crippen LogP contribution in [0.2, 0.25) is 0 Å². The molecule has 0 aromatic carbocycles. The molecule has 0 spiro atoms. The van der Waals surface area contributed by atoms with Gasteiger partial charge >= 0.3 is 0 Å². The zero-order chi connectivity index (χ0) is 6.69. The van der Waals surface area contributed by atoms with Gasteiger partial charge < -0.3 is 9.79 Å². The Morgan fingerprint density at radius 2 is 1.78 bits per heavy atom. The van der Waals surface area contributed by atoms with Gasteiger partial charge in [-0.05, 0) is 0 Å². The maximum Gasteiger partial charge on any atom is 0.202 e. The third kappa shape index (κ3) is 1.68. The van der Waals surface area contributed by atoms with Gasteiger partial charge in [0, 0.05) is 12.4 Å². The minimum Gasteiger partial charge on any atom is -0.346 e. The molecule has 4 nitrogen and oxygen atoms in total. The lowest BCUT2D eigenvalue weighted by molar-refractivity contribution is 0.496. The van der Waals surface area contributed by atoms with E-state index in [1.165, 1.54) is 18.7 Å². The van der Waals surface area contributed by atoms with Crippen LogP contribution in [0.5, 0.6) is 0 Å². The summed E-state index contributed by atoms with van der Waals surface area (Å²) >= 11 is 0. The highest BCUT2D eigenvalue weighted by Gasteiger charge is 2.00. The molecule has 0 unspecified atom stereocenters. The standard InChI is InChI=1S/C4H5N2O2P/c7-9(8)4-1-5-3-6-2-4/h1-3,7-8H. The molecule has 1 heterocycles. The van der Waals surface area contributed by atoms with Gasteiger partial charge in [0.2, 0.25) is 8.38 Å². The fourth-order valence-electron chi connectivity index (χ4n) is 0.395. The summed E-state index contributed by atoms with van der Waals surface area (Å²) in [6.07, 6.45) is 4.08. The van der Waals surface area contributed by atoms with Gasteiger partial charge in [-0.3, -0.25) is 0 Å². The topological polar surface area (TPSA) is 66.2 Å². The molecule has 9 heavy (non-hydrogen) atoms. The summed E-state index contributed by atoms with van der Waals surface area (Å²) in [5.74, 6) is 0. The Bertz CT molecular complexity index is 179. The van der Waals surface area contributed by atoms with Crippen molar-refractivity contribution in [3.63, 3.8) is 0 Å². The Hall–Kier alpha value is -0.570. The molecule has 0 saturated heterocycles. The van der Waals surface area contributed by atoms with E-state index in [1.807, 2.05) is 0 Å². The van der Waals surface area contributed by atoms with Crippen molar-refractivity contribution in [2.24, 2.45) is 0 Å². The molecule has 0 amide bonds. The number of hydrogen-bond donors (Lipinski definition) is 2. The number of rotatable bonds is 1. The van der Waals surface area contributed by atoms with Gasteiger partial charge in [-0.25, -0.2) is 9.97 Å². The summed E-state index contributed by atoms with van der Waals surface area (Å²) in [7, 11) is -2.02. The van der Waals surface area contributed by atoms with Gasteiger partial charge in [-0.2, -0.15) is 0 Å². The molecule has 1 aromatic heterocycles. The van der Waals surface area contributed by atoms with E-state index in [9.17, 15) is 0 Å². The number of aromatic nitrogens is 2. The Labute approximate surface area is 53.1 Å². The van der Waals surface area contributed by atoms with Crippen LogP contribution in [0, 0.1) is 0 Å². The van der Waals surface area contributed by atoms with Crippen molar-refractivity contribution in [2.75, 3.05) is 0 Å². The van der Waals surface area contributed by atoms with Crippen LogP contribution in [0.3, 0.4) is 0 Å². The predicted molar refractivity (Wildman–Crippen MR) is 33.0 cm³/mol. The van der Waals surface area contributed by atoms with Gasteiger partial charge in [-0.1, -0.05) is 0 Å². The van der Waals surface area contributed by atoms with E-state index in [4.69, 9.17) is 9.79 Å². The van der Waals surface area contributed by atoms with Gasteiger partial charge in [0.15, 0.2) is 0 Å². The molecule has 0 fully saturated rings. The SMILES string of the molecule is OP(O)c1cncnc1. The molecule has 48 valence electrons. The highest BCUT2D eigenvalue weighted by Crippen LogP contribution is 2.19. The average Bonchev–Trinajstić information content (AvgIpc) is 1.90. The maximum absolute atomic E-state index is 8.56. The third-order valence-electron chi connectivity index (χ3n) is 0.778. The first-order valence-electron chi connectivity index (χ1n) is 2.23. The van der Waals surface area contributed by atoms with Crippen molar-refractivity contribution >= 4 is 13.7 Å². The predicted octanol–water partition coefficient (Wildman–Crippen LogP) is -0.602. The van der Waals surface area contributed by atoms with Crippen molar-refractivity contribution < 1.29 is 9.79 Å². The first-order chi connectivity index (χ1) is 4.30. The summed E-state index contributed by atoms with van der Waals surface area (Å²) in [6.45, 7) is 0. The summed E-state index contributed by atoms with van der Waals surface area (Å²) in [5, 5.41) is 0.368. The van der Waals surface area contributed by atoms with E-state index in [1.54, 1.807) is 0 Å². The quantitative estimate of drug-likeness (QED) is 0.516. The Morgan fingerprint density at radius 1 is 1.22 bits per heavy atom. The van der Waals surface area contributed by atoms with Gasteiger partial charge in [0.1, 0.15) is 6.33 Å². The van der Waals surface area contributed by atoms with Crippen molar-refractivity contribution in [1.82, 2.24) is 9.97 Å². The molecule has 0 radical (unpaired) electrons. The second kappa shape index (κ2) is 2.82. The second-order valence-electron chi connectivity index (χ2n) is 1.39. The highest BCUT2D eigenvalue weighted by atomic mass is 31.2. The van der Waals surface area contributed by atoms with Crippen LogP contribution in [0.15, 0.2) is 18.7 Å². The Kier molecular flexibility index (Phi) is 2.05. The fourth-order valence-corrected chi connectivity index (χ4v) is 0.734. The van der Waals surface area contributed by atoms with Crippen LogP contribution in [0.4, 0.5) is 0 Å². The van der Waals surface area contributed by atoms with Crippen molar-refractivity contribution in [1.29, 1.82) is 0 Å². The largest absolute Gasteiger partial charge is 0.346 e. The zero-order valence-corrected chi connectivity index (χ0v) is 5.36. The molecule has 0 aliphatic carbocycles. The lowest BCUT2D eigenvalue weighted by Gasteiger charge is -1.96. The van der Waals surface area contributed by atoms with Crippen LogP contribution in [-0.4, -0.2) is 19.8 Å². The van der Waals surface area contributed by atoms with Gasteiger partial charge in [0.25, 0.3) is 0 Å². The second-order valence-corrected chi connectivity index (χ2v) is 2.48. The summed E-state index contributed by atoms with van der Waals surface area (Å²) in [5.41, 5.74) is 0. The molecule has 5 heteroatoms. The van der Waals surface area contributed by atoms with Crippen molar-refractivity contribution in [3.8, 4) is 0 Å². The lowest BCUT2D eigenvalue weighted by Crippen LogP contribution is -2.00. The van der Waals surface area contributed by atoms with E-state index in [0.717, 1.165) is 0 Å². The van der Waals surface area contributed by atoms with Crippen LogP contribution in [0.25, 0.3) is 0 Å². The molecule has 2 N–H and O–H groups in total.